The molecule has 0 spiro atoms. The average molecular weight is 86.1 g/mol. The first-order valence-corrected chi connectivity index (χ1v) is 1.91. The maximum Gasteiger partial charge on any atom is 0.0455 e. The molecule has 35 valence electrons. The lowest BCUT2D eigenvalue weighted by molar-refractivity contribution is 0.807. The Morgan fingerprint density at radius 1 is 1.00 bits per heavy atom. The van der Waals surface area contributed by atoms with E-state index in [4.69, 9.17) is 0 Å². The Morgan fingerprint density at radius 2 is 1.50 bits per heavy atom. The Kier molecular flexibility index (Phi) is 3.02. The van der Waals surface area contributed by atoms with Gasteiger partial charge in [-0.05, 0) is 0 Å². The summed E-state index contributed by atoms with van der Waals surface area (Å²) in [6.07, 6.45) is 0. The maximum atomic E-state index is 3.11. The summed E-state index contributed by atoms with van der Waals surface area (Å²) in [5, 5.41) is 6.22. The molecule has 3 nitrogen and oxygen atoms in total. The molecule has 0 aromatic heterocycles. The molecule has 1 rings (SSSR count). The van der Waals surface area contributed by atoms with Gasteiger partial charge in [0.15, 0.2) is 0 Å². The lowest BCUT2D eigenvalue weighted by Crippen LogP contribution is -2.11. The predicted octanol–water partition coefficient (Wildman–Crippen LogP) is -1.34. The molecule has 1 aliphatic heterocycles. The van der Waals surface area contributed by atoms with Crippen LogP contribution in [0.1, 0.15) is 0 Å². The van der Waals surface area contributed by atoms with Crippen molar-refractivity contribution in [2.75, 3.05) is 19.8 Å². The summed E-state index contributed by atoms with van der Waals surface area (Å²) in [6.45, 7) is 3.28. The van der Waals surface area contributed by atoms with Crippen molar-refractivity contribution >= 4 is 0 Å². The summed E-state index contributed by atoms with van der Waals surface area (Å²) in [7, 11) is 0. The molecule has 0 aromatic carbocycles. The van der Waals surface area contributed by atoms with Crippen LogP contribution >= 0.6 is 0 Å². The van der Waals surface area contributed by atoms with E-state index in [0.29, 0.717) is 0 Å². The molecule has 3 heteroatoms. The molecular weight excluding hydrogens is 78.1 g/mol. The Balaban J connectivity index is 0.000000250. The number of nitrogens with zero attached hydrogens (tertiary/aromatic N) is 1. The monoisotopic (exact) mass is 86.1 g/mol. The van der Waals surface area contributed by atoms with Crippen LogP contribution in [0.4, 0.5) is 0 Å². The Morgan fingerprint density at radius 3 is 1.67 bits per heavy atom. The molecule has 0 bridgehead atoms. The van der Waals surface area contributed by atoms with Crippen molar-refractivity contribution in [3.8, 4) is 0 Å². The standard InChI is InChI=1S/C3H8N2.N/c1-2-5-3-4-1;/h4-5H,1-3H2;. The summed E-state index contributed by atoms with van der Waals surface area (Å²) in [5.74, 6) is 0. The zero-order valence-electron chi connectivity index (χ0n) is 3.57. The molecule has 3 radical (unpaired) electrons. The van der Waals surface area contributed by atoms with Gasteiger partial charge in [-0.3, -0.25) is 0 Å². The lowest BCUT2D eigenvalue weighted by Gasteiger charge is -1.77. The van der Waals surface area contributed by atoms with Crippen molar-refractivity contribution in [1.29, 1.82) is 0 Å². The van der Waals surface area contributed by atoms with Gasteiger partial charge in [0.1, 0.15) is 0 Å². The molecule has 0 unspecified atom stereocenters. The zero-order valence-corrected chi connectivity index (χ0v) is 3.57. The highest BCUT2D eigenvalue weighted by Crippen LogP contribution is 1.62. The van der Waals surface area contributed by atoms with E-state index in [1.54, 1.807) is 0 Å². The SMILES string of the molecule is C1CNCN1.[N]. The summed E-state index contributed by atoms with van der Waals surface area (Å²) < 4.78 is 0. The molecule has 1 saturated heterocycles. The second-order valence-corrected chi connectivity index (χ2v) is 1.18. The smallest absolute Gasteiger partial charge is 0.0455 e. The fourth-order valence-electron chi connectivity index (χ4n) is 0.442. The number of hydrogen-bond donors (Lipinski definition) is 2. The molecule has 0 aliphatic carbocycles. The Labute approximate surface area is 37.7 Å². The minimum absolute atomic E-state index is 0. The van der Waals surface area contributed by atoms with Gasteiger partial charge in [0.25, 0.3) is 0 Å². The van der Waals surface area contributed by atoms with Gasteiger partial charge < -0.3 is 10.6 Å². The molecule has 1 fully saturated rings. The molecular formula is C3H8N3. The molecule has 0 amide bonds. The third-order valence-corrected chi connectivity index (χ3v) is 0.729. The highest BCUT2D eigenvalue weighted by molar-refractivity contribution is 4.55. The zero-order chi connectivity index (χ0) is 3.54. The number of hydrogen-bond acceptors (Lipinski definition) is 2. The van der Waals surface area contributed by atoms with Crippen LogP contribution in [0.5, 0.6) is 0 Å². The summed E-state index contributed by atoms with van der Waals surface area (Å²) in [5.41, 5.74) is 0. The first-order chi connectivity index (χ1) is 2.50. The molecule has 2 N–H and O–H groups in total. The third-order valence-electron chi connectivity index (χ3n) is 0.729. The van der Waals surface area contributed by atoms with Crippen molar-refractivity contribution in [2.24, 2.45) is 0 Å². The van der Waals surface area contributed by atoms with Crippen LogP contribution in [-0.2, 0) is 0 Å². The van der Waals surface area contributed by atoms with Crippen molar-refractivity contribution < 1.29 is 0 Å². The summed E-state index contributed by atoms with van der Waals surface area (Å²) in [4.78, 5) is 0. The van der Waals surface area contributed by atoms with Crippen LogP contribution < -0.4 is 16.8 Å². The molecule has 0 saturated carbocycles. The van der Waals surface area contributed by atoms with Crippen LogP contribution in [0.15, 0.2) is 0 Å². The Bertz CT molecular complexity index is 17.6. The molecule has 0 atom stereocenters. The van der Waals surface area contributed by atoms with E-state index >= 15 is 0 Å². The van der Waals surface area contributed by atoms with E-state index in [9.17, 15) is 0 Å². The van der Waals surface area contributed by atoms with Crippen LogP contribution in [0.3, 0.4) is 0 Å². The maximum absolute atomic E-state index is 3.11. The van der Waals surface area contributed by atoms with E-state index in [1.807, 2.05) is 0 Å². The fraction of sp³-hybridized carbons (Fsp3) is 1.00. The van der Waals surface area contributed by atoms with Gasteiger partial charge in [0, 0.05) is 25.9 Å². The highest BCUT2D eigenvalue weighted by Gasteiger charge is 1.90. The van der Waals surface area contributed by atoms with Gasteiger partial charge in [0.2, 0.25) is 0 Å². The summed E-state index contributed by atoms with van der Waals surface area (Å²) >= 11 is 0. The van der Waals surface area contributed by atoms with Crippen molar-refractivity contribution in [2.45, 2.75) is 0 Å². The van der Waals surface area contributed by atoms with Crippen LogP contribution in [-0.4, -0.2) is 19.8 Å². The van der Waals surface area contributed by atoms with E-state index in [1.165, 1.54) is 0 Å². The third kappa shape index (κ3) is 1.35. The van der Waals surface area contributed by atoms with Gasteiger partial charge >= 0.3 is 0 Å². The first kappa shape index (κ1) is 5.88. The van der Waals surface area contributed by atoms with E-state index < -0.39 is 0 Å². The number of nitrogens with one attached hydrogen (secondary N) is 2. The number of rotatable bonds is 0. The molecule has 6 heavy (non-hydrogen) atoms. The van der Waals surface area contributed by atoms with Crippen molar-refractivity contribution in [3.63, 3.8) is 0 Å². The second kappa shape index (κ2) is 3.08. The van der Waals surface area contributed by atoms with Gasteiger partial charge in [-0.2, -0.15) is 0 Å². The first-order valence-electron chi connectivity index (χ1n) is 1.91. The summed E-state index contributed by atoms with van der Waals surface area (Å²) in [6, 6.07) is 0. The van der Waals surface area contributed by atoms with E-state index in [-0.39, 0.29) is 6.15 Å². The van der Waals surface area contributed by atoms with Gasteiger partial charge in [-0.15, -0.1) is 0 Å². The quantitative estimate of drug-likeness (QED) is 0.383. The largest absolute Gasteiger partial charge is 0.303 e. The van der Waals surface area contributed by atoms with Gasteiger partial charge in [-0.1, -0.05) is 0 Å². The van der Waals surface area contributed by atoms with Crippen LogP contribution in [0, 0.1) is 0 Å². The average Bonchev–Trinajstić information content (AvgIpc) is 1.76. The van der Waals surface area contributed by atoms with Crippen LogP contribution in [0.25, 0.3) is 0 Å². The van der Waals surface area contributed by atoms with Crippen molar-refractivity contribution in [1.82, 2.24) is 16.8 Å². The predicted molar refractivity (Wildman–Crippen MR) is 23.0 cm³/mol. The van der Waals surface area contributed by atoms with Gasteiger partial charge in [0.05, 0.1) is 0 Å². The van der Waals surface area contributed by atoms with Gasteiger partial charge in [-0.25, -0.2) is 0 Å². The lowest BCUT2D eigenvalue weighted by atomic mass is 10.7. The fourth-order valence-corrected chi connectivity index (χ4v) is 0.442. The Hall–Kier alpha value is -0.120. The minimum Gasteiger partial charge on any atom is -0.303 e. The minimum atomic E-state index is 0. The van der Waals surface area contributed by atoms with E-state index in [2.05, 4.69) is 10.6 Å². The van der Waals surface area contributed by atoms with Crippen molar-refractivity contribution in [3.05, 3.63) is 0 Å². The highest BCUT2D eigenvalue weighted by atomic mass is 15.1. The van der Waals surface area contributed by atoms with Crippen LogP contribution in [0.2, 0.25) is 0 Å². The molecule has 1 aliphatic rings. The normalized spacial score (nSPS) is 20.0. The molecule has 0 aromatic rings. The second-order valence-electron chi connectivity index (χ2n) is 1.18. The van der Waals surface area contributed by atoms with E-state index in [0.717, 1.165) is 19.8 Å². The molecule has 1 heterocycles. The topological polar surface area (TPSA) is 54.6 Å².